The number of carbonyl (C=O) groups is 1. The fraction of sp³-hybridized carbons (Fsp3) is 0.409. The molecule has 7 heteroatoms. The number of likely N-dealkylation sites (tertiary alicyclic amines) is 1. The topological polar surface area (TPSA) is 56.0 Å². The average Bonchev–Trinajstić information content (AvgIpc) is 3.37. The first-order valence-corrected chi connectivity index (χ1v) is 11.2. The van der Waals surface area contributed by atoms with Crippen molar-refractivity contribution in [3.05, 3.63) is 59.9 Å². The molecule has 1 saturated heterocycles. The molecule has 0 aliphatic carbocycles. The number of nitrogens with zero attached hydrogens (tertiary/aromatic N) is 5. The maximum absolute atomic E-state index is 13.1. The van der Waals surface area contributed by atoms with Crippen LogP contribution < -0.4 is 0 Å². The van der Waals surface area contributed by atoms with Crippen molar-refractivity contribution in [2.45, 2.75) is 37.6 Å². The summed E-state index contributed by atoms with van der Waals surface area (Å²) in [6.45, 7) is 6.40. The molecule has 0 spiro atoms. The molecule has 0 amide bonds. The van der Waals surface area contributed by atoms with Crippen molar-refractivity contribution in [1.29, 1.82) is 0 Å². The van der Waals surface area contributed by atoms with Crippen LogP contribution in [-0.4, -0.2) is 55.9 Å². The Morgan fingerprint density at radius 1 is 1.21 bits per heavy atom. The van der Waals surface area contributed by atoms with Crippen LogP contribution in [-0.2, 0) is 0 Å². The molecule has 2 aromatic heterocycles. The molecule has 3 heterocycles. The van der Waals surface area contributed by atoms with Gasteiger partial charge >= 0.3 is 0 Å². The van der Waals surface area contributed by atoms with Crippen molar-refractivity contribution in [2.24, 2.45) is 0 Å². The van der Waals surface area contributed by atoms with Gasteiger partial charge in [-0.2, -0.15) is 5.10 Å². The van der Waals surface area contributed by atoms with Crippen molar-refractivity contribution >= 4 is 17.5 Å². The van der Waals surface area contributed by atoms with Gasteiger partial charge in [0.25, 0.3) is 0 Å². The lowest BCUT2D eigenvalue weighted by Crippen LogP contribution is -2.38. The zero-order chi connectivity index (χ0) is 20.4. The molecule has 152 valence electrons. The summed E-state index contributed by atoms with van der Waals surface area (Å²) >= 11 is 1.73. The normalized spacial score (nSPS) is 15.7. The standard InChI is InChI=1S/C22H27N5OS/c1-16-11-21(17(2)27(16)19-5-4-6-20(12-19)29-3)22(28)13-25-9-7-18(8-10-25)26-15-23-14-24-26/h4-6,11-12,14-15,18H,7-10,13H2,1-3H3. The lowest BCUT2D eigenvalue weighted by atomic mass is 10.0. The Labute approximate surface area is 175 Å². The second kappa shape index (κ2) is 8.55. The molecule has 0 bridgehead atoms. The van der Waals surface area contributed by atoms with Crippen molar-refractivity contribution in [2.75, 3.05) is 25.9 Å². The number of thioether (sulfide) groups is 1. The minimum atomic E-state index is 0.199. The van der Waals surface area contributed by atoms with Crippen molar-refractivity contribution in [1.82, 2.24) is 24.2 Å². The highest BCUT2D eigenvalue weighted by molar-refractivity contribution is 7.98. The molecule has 0 atom stereocenters. The van der Waals surface area contributed by atoms with Gasteiger partial charge in [0.2, 0.25) is 0 Å². The minimum Gasteiger partial charge on any atom is -0.318 e. The van der Waals surface area contributed by atoms with Crippen molar-refractivity contribution < 1.29 is 4.79 Å². The third kappa shape index (κ3) is 4.16. The van der Waals surface area contributed by atoms with E-state index in [0.717, 1.165) is 48.6 Å². The fourth-order valence-corrected chi connectivity index (χ4v) is 4.68. The van der Waals surface area contributed by atoms with E-state index in [9.17, 15) is 4.79 Å². The maximum Gasteiger partial charge on any atom is 0.178 e. The molecule has 0 saturated carbocycles. The van der Waals surface area contributed by atoms with Crippen LogP contribution in [0.15, 0.2) is 47.9 Å². The molecular weight excluding hydrogens is 382 g/mol. The van der Waals surface area contributed by atoms with E-state index in [2.05, 4.69) is 57.0 Å². The summed E-state index contributed by atoms with van der Waals surface area (Å²) in [5.74, 6) is 0.199. The van der Waals surface area contributed by atoms with Gasteiger partial charge < -0.3 is 4.57 Å². The van der Waals surface area contributed by atoms with E-state index >= 15 is 0 Å². The number of aromatic nitrogens is 4. The predicted molar refractivity (Wildman–Crippen MR) is 116 cm³/mol. The number of benzene rings is 1. The quantitative estimate of drug-likeness (QED) is 0.456. The summed E-state index contributed by atoms with van der Waals surface area (Å²) in [5, 5.41) is 4.25. The second-order valence-electron chi connectivity index (χ2n) is 7.63. The van der Waals surface area contributed by atoms with Crippen LogP contribution in [0.4, 0.5) is 0 Å². The SMILES string of the molecule is CSc1cccc(-n2c(C)cc(C(=O)CN3CCC(n4cncn4)CC3)c2C)c1. The fourth-order valence-electron chi connectivity index (χ4n) is 4.23. The van der Waals surface area contributed by atoms with Gasteiger partial charge in [0.05, 0.1) is 12.6 Å². The molecular formula is C22H27N5OS. The van der Waals surface area contributed by atoms with E-state index in [1.54, 1.807) is 24.4 Å². The molecule has 4 rings (SSSR count). The van der Waals surface area contributed by atoms with Gasteiger partial charge in [-0.1, -0.05) is 6.07 Å². The van der Waals surface area contributed by atoms with E-state index in [1.165, 1.54) is 4.90 Å². The van der Waals surface area contributed by atoms with Gasteiger partial charge in [-0.25, -0.2) is 9.67 Å². The van der Waals surface area contributed by atoms with Crippen LogP contribution in [0.1, 0.15) is 40.6 Å². The average molecular weight is 410 g/mol. The molecule has 1 aromatic carbocycles. The summed E-state index contributed by atoms with van der Waals surface area (Å²) in [5.41, 5.74) is 4.05. The number of hydrogen-bond acceptors (Lipinski definition) is 5. The third-order valence-electron chi connectivity index (χ3n) is 5.78. The van der Waals surface area contributed by atoms with Crippen LogP contribution in [0.2, 0.25) is 0 Å². The number of hydrogen-bond donors (Lipinski definition) is 0. The highest BCUT2D eigenvalue weighted by atomic mass is 32.2. The number of Topliss-reactive ketones (excluding diaryl/α,β-unsaturated/α-hetero) is 1. The number of aryl methyl sites for hydroxylation is 1. The summed E-state index contributed by atoms with van der Waals surface area (Å²) in [4.78, 5) is 20.6. The number of ketones is 1. The molecule has 1 aliphatic heterocycles. The Kier molecular flexibility index (Phi) is 5.87. The monoisotopic (exact) mass is 409 g/mol. The van der Waals surface area contributed by atoms with Crippen LogP contribution in [0.25, 0.3) is 5.69 Å². The van der Waals surface area contributed by atoms with Crippen molar-refractivity contribution in [3.8, 4) is 5.69 Å². The van der Waals surface area contributed by atoms with Crippen LogP contribution in [0.5, 0.6) is 0 Å². The first-order valence-electron chi connectivity index (χ1n) is 10.00. The van der Waals surface area contributed by atoms with Crippen molar-refractivity contribution in [3.63, 3.8) is 0 Å². The van der Waals surface area contributed by atoms with Gasteiger partial charge in [0.15, 0.2) is 5.78 Å². The second-order valence-corrected chi connectivity index (χ2v) is 8.51. The molecule has 3 aromatic rings. The Morgan fingerprint density at radius 2 is 2.00 bits per heavy atom. The zero-order valence-electron chi connectivity index (χ0n) is 17.2. The molecule has 0 N–H and O–H groups in total. The van der Waals surface area contributed by atoms with E-state index in [1.807, 2.05) is 17.7 Å². The highest BCUT2D eigenvalue weighted by Gasteiger charge is 2.24. The summed E-state index contributed by atoms with van der Waals surface area (Å²) < 4.78 is 4.12. The third-order valence-corrected chi connectivity index (χ3v) is 6.50. The molecule has 6 nitrogen and oxygen atoms in total. The first-order chi connectivity index (χ1) is 14.1. The molecule has 0 radical (unpaired) electrons. The Morgan fingerprint density at radius 3 is 2.69 bits per heavy atom. The number of piperidine rings is 1. The highest BCUT2D eigenvalue weighted by Crippen LogP contribution is 2.26. The smallest absolute Gasteiger partial charge is 0.178 e. The Hall–Kier alpha value is -2.38. The molecule has 1 aliphatic rings. The lowest BCUT2D eigenvalue weighted by molar-refractivity contribution is 0.0894. The number of carbonyl (C=O) groups excluding carboxylic acids is 1. The number of rotatable bonds is 6. The van der Waals surface area contributed by atoms with E-state index in [4.69, 9.17) is 0 Å². The molecule has 1 fully saturated rings. The van der Waals surface area contributed by atoms with Gasteiger partial charge in [-0.05, 0) is 57.2 Å². The minimum absolute atomic E-state index is 0.199. The van der Waals surface area contributed by atoms with E-state index < -0.39 is 0 Å². The summed E-state index contributed by atoms with van der Waals surface area (Å²) in [7, 11) is 0. The zero-order valence-corrected chi connectivity index (χ0v) is 18.0. The molecule has 0 unspecified atom stereocenters. The predicted octanol–water partition coefficient (Wildman–Crippen LogP) is 3.93. The van der Waals surface area contributed by atoms with Crippen LogP contribution in [0, 0.1) is 13.8 Å². The molecule has 29 heavy (non-hydrogen) atoms. The Bertz CT molecular complexity index is 987. The maximum atomic E-state index is 13.1. The van der Waals surface area contributed by atoms with Gasteiger partial charge in [0.1, 0.15) is 12.7 Å². The van der Waals surface area contributed by atoms with Gasteiger partial charge in [0, 0.05) is 40.6 Å². The summed E-state index contributed by atoms with van der Waals surface area (Å²) in [6, 6.07) is 10.9. The largest absolute Gasteiger partial charge is 0.318 e. The van der Waals surface area contributed by atoms with Crippen LogP contribution >= 0.6 is 11.8 Å². The van der Waals surface area contributed by atoms with Crippen LogP contribution in [0.3, 0.4) is 0 Å². The lowest BCUT2D eigenvalue weighted by Gasteiger charge is -2.31. The Balaban J connectivity index is 1.46. The summed E-state index contributed by atoms with van der Waals surface area (Å²) in [6.07, 6.45) is 7.44. The van der Waals surface area contributed by atoms with Gasteiger partial charge in [-0.15, -0.1) is 11.8 Å². The first kappa shape index (κ1) is 19.9. The van der Waals surface area contributed by atoms with E-state index in [-0.39, 0.29) is 5.78 Å². The van der Waals surface area contributed by atoms with E-state index in [0.29, 0.717) is 12.6 Å². The van der Waals surface area contributed by atoms with Gasteiger partial charge in [-0.3, -0.25) is 9.69 Å².